The summed E-state index contributed by atoms with van der Waals surface area (Å²) in [5.74, 6) is -1.54. The Hall–Kier alpha value is -3.22. The number of hydrogen-bond acceptors (Lipinski definition) is 3. The monoisotopic (exact) mass is 465 g/mol. The van der Waals surface area contributed by atoms with E-state index < -0.39 is 17.6 Å². The summed E-state index contributed by atoms with van der Waals surface area (Å²) in [7, 11) is 4.04. The first-order chi connectivity index (χ1) is 15.9. The minimum Gasteiger partial charge on any atom is -0.322 e. The maximum Gasteiger partial charge on any atom is 0.261 e. The largest absolute Gasteiger partial charge is 0.322 e. The number of nitrogens with one attached hydrogen (secondary N) is 1. The molecule has 0 saturated carbocycles. The number of fused-ring (bicyclic) bond motifs is 1. The van der Waals surface area contributed by atoms with Crippen LogP contribution in [0.4, 0.5) is 15.8 Å². The molecule has 3 aromatic carbocycles. The summed E-state index contributed by atoms with van der Waals surface area (Å²) in [6, 6.07) is 18.7. The van der Waals surface area contributed by atoms with Crippen molar-refractivity contribution in [2.75, 3.05) is 30.9 Å². The fraction of sp³-hybridized carbons (Fsp3) is 0.231. The molecule has 3 aromatic rings. The molecule has 1 atom stereocenters. The SMILES string of the molecule is CN(C)C1CCCN(C(=O)c2ccc(NC(=O)c3ccccc3Cl)cc2F)c2ccccc21. The van der Waals surface area contributed by atoms with Crippen LogP contribution >= 0.6 is 11.6 Å². The Kier molecular flexibility index (Phi) is 6.77. The smallest absolute Gasteiger partial charge is 0.261 e. The second-order valence-corrected chi connectivity index (χ2v) is 8.67. The van der Waals surface area contributed by atoms with Gasteiger partial charge in [-0.05, 0) is 68.9 Å². The van der Waals surface area contributed by atoms with Gasteiger partial charge in [-0.3, -0.25) is 9.59 Å². The summed E-state index contributed by atoms with van der Waals surface area (Å²) in [6.45, 7) is 0.505. The van der Waals surface area contributed by atoms with Crippen LogP contribution in [0, 0.1) is 5.82 Å². The van der Waals surface area contributed by atoms with E-state index in [0.717, 1.165) is 30.2 Å². The van der Waals surface area contributed by atoms with Crippen molar-refractivity contribution < 1.29 is 14.0 Å². The first kappa shape index (κ1) is 23.0. The van der Waals surface area contributed by atoms with Crippen molar-refractivity contribution in [3.05, 3.63) is 94.3 Å². The van der Waals surface area contributed by atoms with E-state index in [-0.39, 0.29) is 22.9 Å². The molecule has 0 radical (unpaired) electrons. The molecule has 1 unspecified atom stereocenters. The maximum absolute atomic E-state index is 15.0. The van der Waals surface area contributed by atoms with Crippen LogP contribution in [0.2, 0.25) is 5.02 Å². The molecule has 5 nitrogen and oxygen atoms in total. The van der Waals surface area contributed by atoms with Gasteiger partial charge in [-0.15, -0.1) is 0 Å². The van der Waals surface area contributed by atoms with Crippen molar-refractivity contribution in [2.24, 2.45) is 0 Å². The first-order valence-corrected chi connectivity index (χ1v) is 11.2. The molecule has 0 aliphatic carbocycles. The molecule has 0 bridgehead atoms. The number of halogens is 2. The van der Waals surface area contributed by atoms with E-state index in [1.165, 1.54) is 12.1 Å². The van der Waals surface area contributed by atoms with E-state index in [9.17, 15) is 9.59 Å². The number of anilines is 2. The standard InChI is InChI=1S/C26H25ClFN3O2/c1-30(2)23-12-7-15-31(24-11-6-4-9-20(23)24)26(33)19-14-13-17(16-22(19)28)29-25(32)18-8-3-5-10-21(18)27/h3-6,8-11,13-14,16,23H,7,12,15H2,1-2H3,(H,29,32). The van der Waals surface area contributed by atoms with Gasteiger partial charge in [0, 0.05) is 24.0 Å². The zero-order chi connectivity index (χ0) is 23.5. The van der Waals surface area contributed by atoms with E-state index in [1.807, 2.05) is 38.4 Å². The lowest BCUT2D eigenvalue weighted by molar-refractivity contribution is 0.0982. The molecule has 0 aromatic heterocycles. The number of carbonyl (C=O) groups is 2. The van der Waals surface area contributed by atoms with Gasteiger partial charge in [0.1, 0.15) is 5.82 Å². The third kappa shape index (κ3) is 4.77. The second-order valence-electron chi connectivity index (χ2n) is 8.27. The summed E-state index contributed by atoms with van der Waals surface area (Å²) in [6.07, 6.45) is 1.71. The van der Waals surface area contributed by atoms with Crippen LogP contribution in [0.5, 0.6) is 0 Å². The predicted octanol–water partition coefficient (Wildman–Crippen LogP) is 5.77. The Balaban J connectivity index is 1.59. The summed E-state index contributed by atoms with van der Waals surface area (Å²) >= 11 is 6.07. The summed E-state index contributed by atoms with van der Waals surface area (Å²) < 4.78 is 15.0. The van der Waals surface area contributed by atoms with Crippen LogP contribution in [-0.2, 0) is 0 Å². The Bertz CT molecular complexity index is 1200. The topological polar surface area (TPSA) is 52.6 Å². The van der Waals surface area contributed by atoms with Crippen LogP contribution < -0.4 is 10.2 Å². The fourth-order valence-corrected chi connectivity index (χ4v) is 4.46. The molecular formula is C26H25ClFN3O2. The summed E-state index contributed by atoms with van der Waals surface area (Å²) in [4.78, 5) is 29.7. The van der Waals surface area contributed by atoms with Gasteiger partial charge >= 0.3 is 0 Å². The molecular weight excluding hydrogens is 441 g/mol. The number of hydrogen-bond donors (Lipinski definition) is 1. The summed E-state index contributed by atoms with van der Waals surface area (Å²) in [5.41, 5.74) is 2.35. The van der Waals surface area contributed by atoms with Gasteiger partial charge in [0.15, 0.2) is 0 Å². The van der Waals surface area contributed by atoms with Gasteiger partial charge < -0.3 is 15.1 Å². The van der Waals surface area contributed by atoms with Crippen LogP contribution in [0.3, 0.4) is 0 Å². The van der Waals surface area contributed by atoms with Crippen molar-refractivity contribution in [2.45, 2.75) is 18.9 Å². The lowest BCUT2D eigenvalue weighted by Crippen LogP contribution is -2.32. The highest BCUT2D eigenvalue weighted by Gasteiger charge is 2.29. The third-order valence-electron chi connectivity index (χ3n) is 5.89. The van der Waals surface area contributed by atoms with Crippen LogP contribution in [0.25, 0.3) is 0 Å². The highest BCUT2D eigenvalue weighted by atomic mass is 35.5. The minimum atomic E-state index is -0.692. The number of benzene rings is 3. The number of para-hydroxylation sites is 1. The minimum absolute atomic E-state index is 0.0381. The van der Waals surface area contributed by atoms with E-state index in [2.05, 4.69) is 10.2 Å². The molecule has 2 amide bonds. The van der Waals surface area contributed by atoms with Gasteiger partial charge in [-0.1, -0.05) is 41.9 Å². The number of amides is 2. The van der Waals surface area contributed by atoms with Crippen molar-refractivity contribution in [1.82, 2.24) is 4.90 Å². The van der Waals surface area contributed by atoms with E-state index in [4.69, 9.17) is 11.6 Å². The van der Waals surface area contributed by atoms with E-state index in [0.29, 0.717) is 11.6 Å². The molecule has 1 N–H and O–H groups in total. The third-order valence-corrected chi connectivity index (χ3v) is 6.22. The maximum atomic E-state index is 15.0. The van der Waals surface area contributed by atoms with Gasteiger partial charge in [-0.2, -0.15) is 0 Å². The molecule has 1 aliphatic rings. The Labute approximate surface area is 197 Å². The fourth-order valence-electron chi connectivity index (χ4n) is 4.24. The first-order valence-electron chi connectivity index (χ1n) is 10.8. The Morgan fingerprint density at radius 2 is 1.76 bits per heavy atom. The number of carbonyl (C=O) groups excluding carboxylic acids is 2. The van der Waals surface area contributed by atoms with Crippen molar-refractivity contribution in [3.63, 3.8) is 0 Å². The number of nitrogens with zero attached hydrogens (tertiary/aromatic N) is 2. The zero-order valence-corrected chi connectivity index (χ0v) is 19.3. The highest BCUT2D eigenvalue weighted by Crippen LogP contribution is 2.36. The predicted molar refractivity (Wildman–Crippen MR) is 130 cm³/mol. The van der Waals surface area contributed by atoms with Crippen LogP contribution in [-0.4, -0.2) is 37.4 Å². The highest BCUT2D eigenvalue weighted by molar-refractivity contribution is 6.34. The average Bonchev–Trinajstić information content (AvgIpc) is 2.99. The molecule has 33 heavy (non-hydrogen) atoms. The molecule has 170 valence electrons. The molecule has 0 saturated heterocycles. The lowest BCUT2D eigenvalue weighted by Gasteiger charge is -2.27. The molecule has 0 spiro atoms. The lowest BCUT2D eigenvalue weighted by atomic mass is 10.0. The Morgan fingerprint density at radius 1 is 1.03 bits per heavy atom. The number of rotatable bonds is 4. The molecule has 0 fully saturated rings. The van der Waals surface area contributed by atoms with Crippen LogP contribution in [0.1, 0.15) is 45.2 Å². The van der Waals surface area contributed by atoms with Gasteiger partial charge in [0.25, 0.3) is 11.8 Å². The quantitative estimate of drug-likeness (QED) is 0.531. The zero-order valence-electron chi connectivity index (χ0n) is 18.5. The van der Waals surface area contributed by atoms with E-state index in [1.54, 1.807) is 29.2 Å². The van der Waals surface area contributed by atoms with E-state index >= 15 is 4.39 Å². The summed E-state index contributed by atoms with van der Waals surface area (Å²) in [5, 5.41) is 2.94. The molecule has 7 heteroatoms. The normalized spacial score (nSPS) is 15.7. The van der Waals surface area contributed by atoms with Gasteiger partial charge in [0.05, 0.1) is 16.1 Å². The van der Waals surface area contributed by atoms with Gasteiger partial charge in [0.2, 0.25) is 0 Å². The van der Waals surface area contributed by atoms with Crippen molar-refractivity contribution >= 4 is 34.8 Å². The van der Waals surface area contributed by atoms with Crippen LogP contribution in [0.15, 0.2) is 66.7 Å². The molecule has 1 heterocycles. The second kappa shape index (κ2) is 9.73. The van der Waals surface area contributed by atoms with Crippen molar-refractivity contribution in [1.29, 1.82) is 0 Å². The van der Waals surface area contributed by atoms with Gasteiger partial charge in [-0.25, -0.2) is 4.39 Å². The Morgan fingerprint density at radius 3 is 2.48 bits per heavy atom. The van der Waals surface area contributed by atoms with Crippen molar-refractivity contribution in [3.8, 4) is 0 Å². The molecule has 1 aliphatic heterocycles. The average molecular weight is 466 g/mol. The molecule has 4 rings (SSSR count).